The van der Waals surface area contributed by atoms with Crippen LogP contribution in [0, 0.1) is 5.92 Å². The van der Waals surface area contributed by atoms with Crippen LogP contribution in [-0.4, -0.2) is 53.3 Å². The monoisotopic (exact) mass is 405 g/mol. The molecule has 1 saturated carbocycles. The fraction of sp³-hybridized carbons (Fsp3) is 0.435. The average Bonchev–Trinajstić information content (AvgIpc) is 3.57. The molecule has 3 aromatic rings. The summed E-state index contributed by atoms with van der Waals surface area (Å²) in [5.74, 6) is 2.28. The lowest BCUT2D eigenvalue weighted by atomic mass is 10.1. The van der Waals surface area contributed by atoms with Gasteiger partial charge in [-0.25, -0.2) is 9.97 Å². The molecule has 156 valence electrons. The van der Waals surface area contributed by atoms with E-state index in [-0.39, 0.29) is 5.91 Å². The maximum atomic E-state index is 13.1. The molecule has 3 heterocycles. The summed E-state index contributed by atoms with van der Waals surface area (Å²) in [4.78, 5) is 25.0. The molecular weight excluding hydrogens is 378 g/mol. The number of nitrogens with zero attached hydrogens (tertiary/aromatic N) is 4. The van der Waals surface area contributed by atoms with Gasteiger partial charge in [0.1, 0.15) is 17.2 Å². The van der Waals surface area contributed by atoms with Crippen molar-refractivity contribution in [3.63, 3.8) is 0 Å². The first-order chi connectivity index (χ1) is 14.7. The van der Waals surface area contributed by atoms with Crippen molar-refractivity contribution >= 4 is 22.9 Å². The molecule has 1 aliphatic heterocycles. The second-order valence-electron chi connectivity index (χ2n) is 8.20. The number of carbonyl (C=O) groups is 1. The zero-order chi connectivity index (χ0) is 20.5. The van der Waals surface area contributed by atoms with Gasteiger partial charge in [0, 0.05) is 33.1 Å². The quantitative estimate of drug-likeness (QED) is 0.682. The van der Waals surface area contributed by atoms with Crippen LogP contribution >= 0.6 is 0 Å². The largest absolute Gasteiger partial charge is 0.378 e. The van der Waals surface area contributed by atoms with Gasteiger partial charge in [0.05, 0.1) is 18.8 Å². The molecule has 30 heavy (non-hydrogen) atoms. The number of amides is 1. The summed E-state index contributed by atoms with van der Waals surface area (Å²) in [6.45, 7) is 3.63. The number of carbonyl (C=O) groups excluding carboxylic acids is 1. The number of benzene rings is 1. The summed E-state index contributed by atoms with van der Waals surface area (Å²) < 4.78 is 7.50. The van der Waals surface area contributed by atoms with E-state index in [1.54, 1.807) is 0 Å². The number of fused-ring (bicyclic) bond motifs is 1. The fourth-order valence-electron chi connectivity index (χ4n) is 3.90. The average molecular weight is 406 g/mol. The molecule has 2 aromatic heterocycles. The van der Waals surface area contributed by atoms with Gasteiger partial charge in [-0.1, -0.05) is 30.3 Å². The predicted octanol–water partition coefficient (Wildman–Crippen LogP) is 2.54. The molecule has 7 nitrogen and oxygen atoms in total. The van der Waals surface area contributed by atoms with E-state index in [1.165, 1.54) is 18.4 Å². The molecule has 1 saturated heterocycles. The summed E-state index contributed by atoms with van der Waals surface area (Å²) in [6, 6.07) is 12.2. The van der Waals surface area contributed by atoms with Gasteiger partial charge in [0.2, 0.25) is 0 Å². The normalized spacial score (nSPS) is 16.8. The van der Waals surface area contributed by atoms with Crippen LogP contribution in [-0.2, 0) is 18.2 Å². The smallest absolute Gasteiger partial charge is 0.253 e. The summed E-state index contributed by atoms with van der Waals surface area (Å²) in [5, 5.41) is 3.10. The van der Waals surface area contributed by atoms with E-state index >= 15 is 0 Å². The number of morpholine rings is 1. The Morgan fingerprint density at radius 3 is 2.67 bits per heavy atom. The molecule has 0 radical (unpaired) electrons. The van der Waals surface area contributed by atoms with Gasteiger partial charge in [-0.05, 0) is 30.4 Å². The lowest BCUT2D eigenvalue weighted by Gasteiger charge is -2.28. The second kappa shape index (κ2) is 8.07. The third kappa shape index (κ3) is 3.89. The SMILES string of the molecule is Cn1c(Cc2ccccc2)nc2c(C(=O)NCC3CC3)cc(N3CCOCC3)nc21. The molecule has 1 aromatic carbocycles. The molecule has 0 unspecified atom stereocenters. The first kappa shape index (κ1) is 19.1. The Hall–Kier alpha value is -2.93. The summed E-state index contributed by atoms with van der Waals surface area (Å²) in [7, 11) is 1.98. The highest BCUT2D eigenvalue weighted by Crippen LogP contribution is 2.28. The molecular formula is C23H27N5O2. The maximum absolute atomic E-state index is 13.1. The lowest BCUT2D eigenvalue weighted by molar-refractivity contribution is 0.0953. The molecule has 1 aliphatic carbocycles. The van der Waals surface area contributed by atoms with Crippen LogP contribution in [0.15, 0.2) is 36.4 Å². The lowest BCUT2D eigenvalue weighted by Crippen LogP contribution is -2.37. The number of anilines is 1. The first-order valence-corrected chi connectivity index (χ1v) is 10.7. The highest BCUT2D eigenvalue weighted by Gasteiger charge is 2.25. The van der Waals surface area contributed by atoms with Gasteiger partial charge in [0.25, 0.3) is 5.91 Å². The summed E-state index contributed by atoms with van der Waals surface area (Å²) >= 11 is 0. The number of hydrogen-bond acceptors (Lipinski definition) is 5. The van der Waals surface area contributed by atoms with Crippen LogP contribution in [0.4, 0.5) is 5.82 Å². The van der Waals surface area contributed by atoms with Crippen LogP contribution in [0.2, 0.25) is 0 Å². The number of pyridine rings is 1. The topological polar surface area (TPSA) is 72.3 Å². The Morgan fingerprint density at radius 2 is 1.93 bits per heavy atom. The molecule has 2 fully saturated rings. The van der Waals surface area contributed by atoms with Crippen LogP contribution in [0.1, 0.15) is 34.6 Å². The van der Waals surface area contributed by atoms with Crippen LogP contribution in [0.3, 0.4) is 0 Å². The highest BCUT2D eigenvalue weighted by molar-refractivity contribution is 6.05. The molecule has 5 rings (SSSR count). The number of imidazole rings is 1. The van der Waals surface area contributed by atoms with Crippen molar-refractivity contribution < 1.29 is 9.53 Å². The van der Waals surface area contributed by atoms with E-state index in [2.05, 4.69) is 22.3 Å². The molecule has 0 bridgehead atoms. The van der Waals surface area contributed by atoms with Gasteiger partial charge in [0.15, 0.2) is 5.65 Å². The number of nitrogens with one attached hydrogen (secondary N) is 1. The van der Waals surface area contributed by atoms with E-state index in [0.29, 0.717) is 36.6 Å². The minimum Gasteiger partial charge on any atom is -0.378 e. The van der Waals surface area contributed by atoms with Crippen molar-refractivity contribution in [2.75, 3.05) is 37.7 Å². The Balaban J connectivity index is 1.55. The van der Waals surface area contributed by atoms with E-state index in [0.717, 1.165) is 36.9 Å². The molecule has 0 atom stereocenters. The van der Waals surface area contributed by atoms with Crippen molar-refractivity contribution in [2.24, 2.45) is 13.0 Å². The number of hydrogen-bond donors (Lipinski definition) is 1. The number of aryl methyl sites for hydroxylation is 1. The van der Waals surface area contributed by atoms with E-state index in [9.17, 15) is 4.79 Å². The van der Waals surface area contributed by atoms with Crippen LogP contribution in [0.25, 0.3) is 11.2 Å². The predicted molar refractivity (Wildman–Crippen MR) is 116 cm³/mol. The van der Waals surface area contributed by atoms with Crippen molar-refractivity contribution in [1.29, 1.82) is 0 Å². The minimum atomic E-state index is -0.0619. The Labute approximate surface area is 176 Å². The zero-order valence-electron chi connectivity index (χ0n) is 17.3. The maximum Gasteiger partial charge on any atom is 0.253 e. The van der Waals surface area contributed by atoms with Crippen LogP contribution in [0.5, 0.6) is 0 Å². The van der Waals surface area contributed by atoms with E-state index in [4.69, 9.17) is 14.7 Å². The third-order valence-electron chi connectivity index (χ3n) is 5.94. The summed E-state index contributed by atoms with van der Waals surface area (Å²) in [5.41, 5.74) is 3.22. The van der Waals surface area contributed by atoms with Crippen molar-refractivity contribution in [2.45, 2.75) is 19.3 Å². The fourth-order valence-corrected chi connectivity index (χ4v) is 3.90. The number of aromatic nitrogens is 3. The van der Waals surface area contributed by atoms with Gasteiger partial charge in [-0.3, -0.25) is 4.79 Å². The van der Waals surface area contributed by atoms with Crippen molar-refractivity contribution in [1.82, 2.24) is 19.9 Å². The molecule has 0 spiro atoms. The molecule has 2 aliphatic rings. The standard InChI is InChI=1S/C23H27N5O2/c1-27-19(13-16-5-3-2-4-6-16)25-21-18(23(29)24-15-17-7-8-17)14-20(26-22(21)27)28-9-11-30-12-10-28/h2-6,14,17H,7-13,15H2,1H3,(H,24,29). The first-order valence-electron chi connectivity index (χ1n) is 10.7. The molecule has 7 heteroatoms. The number of ether oxygens (including phenoxy) is 1. The van der Waals surface area contributed by atoms with Gasteiger partial charge in [-0.15, -0.1) is 0 Å². The molecule has 1 amide bonds. The highest BCUT2D eigenvalue weighted by atomic mass is 16.5. The van der Waals surface area contributed by atoms with Gasteiger partial charge >= 0.3 is 0 Å². The van der Waals surface area contributed by atoms with Crippen molar-refractivity contribution in [3.05, 3.63) is 53.3 Å². The van der Waals surface area contributed by atoms with Crippen molar-refractivity contribution in [3.8, 4) is 0 Å². The van der Waals surface area contributed by atoms with E-state index in [1.807, 2.05) is 35.9 Å². The Morgan fingerprint density at radius 1 is 1.17 bits per heavy atom. The van der Waals surface area contributed by atoms with E-state index < -0.39 is 0 Å². The van der Waals surface area contributed by atoms with Crippen LogP contribution < -0.4 is 10.2 Å². The molecule has 1 N–H and O–H groups in total. The Bertz CT molecular complexity index is 1050. The van der Waals surface area contributed by atoms with Gasteiger partial charge < -0.3 is 19.5 Å². The summed E-state index contributed by atoms with van der Waals surface area (Å²) in [6.07, 6.45) is 3.11. The minimum absolute atomic E-state index is 0.0619. The number of rotatable bonds is 6. The zero-order valence-corrected chi connectivity index (χ0v) is 17.3. The Kier molecular flexibility index (Phi) is 5.12. The second-order valence-corrected chi connectivity index (χ2v) is 8.20. The third-order valence-corrected chi connectivity index (χ3v) is 5.94. The van der Waals surface area contributed by atoms with Gasteiger partial charge in [-0.2, -0.15) is 0 Å².